The van der Waals surface area contributed by atoms with Gasteiger partial charge < -0.3 is 25.4 Å². The van der Waals surface area contributed by atoms with E-state index in [0.29, 0.717) is 23.6 Å². The number of amides is 3. The lowest BCUT2D eigenvalue weighted by Crippen LogP contribution is -2.56. The number of hydrogen-bond donors (Lipinski definition) is 3. The van der Waals surface area contributed by atoms with E-state index in [1.165, 1.54) is 11.0 Å². The molecular weight excluding hydrogens is 482 g/mol. The number of ether oxygens (including phenoxy) is 1. The lowest BCUT2D eigenvalue weighted by molar-refractivity contribution is -0.145. The number of anilines is 1. The van der Waals surface area contributed by atoms with Crippen LogP contribution in [-0.4, -0.2) is 45.6 Å². The van der Waals surface area contributed by atoms with Gasteiger partial charge in [-0.1, -0.05) is 41.9 Å². The van der Waals surface area contributed by atoms with Gasteiger partial charge in [-0.05, 0) is 71.6 Å². The number of halogens is 1. The van der Waals surface area contributed by atoms with Crippen molar-refractivity contribution in [2.75, 3.05) is 5.32 Å². The van der Waals surface area contributed by atoms with Gasteiger partial charge in [-0.2, -0.15) is 0 Å². The number of rotatable bonds is 7. The van der Waals surface area contributed by atoms with E-state index in [9.17, 15) is 19.5 Å². The minimum absolute atomic E-state index is 0.113. The first-order valence-electron chi connectivity index (χ1n) is 12.0. The molecule has 2 aromatic rings. The van der Waals surface area contributed by atoms with Crippen molar-refractivity contribution in [3.63, 3.8) is 0 Å². The maximum absolute atomic E-state index is 13.8. The Morgan fingerprint density at radius 1 is 1.11 bits per heavy atom. The van der Waals surface area contributed by atoms with Crippen molar-refractivity contribution in [3.8, 4) is 5.75 Å². The van der Waals surface area contributed by atoms with E-state index in [0.717, 1.165) is 12.0 Å². The number of aromatic hydroxyl groups is 1. The molecule has 1 saturated carbocycles. The van der Waals surface area contributed by atoms with E-state index in [1.54, 1.807) is 58.0 Å². The molecule has 3 amide bonds. The quantitative estimate of drug-likeness (QED) is 0.462. The van der Waals surface area contributed by atoms with Gasteiger partial charge in [0.15, 0.2) is 0 Å². The molecule has 2 aromatic carbocycles. The number of hydrogen-bond acceptors (Lipinski definition) is 5. The first-order chi connectivity index (χ1) is 16.9. The largest absolute Gasteiger partial charge is 0.508 e. The van der Waals surface area contributed by atoms with Crippen LogP contribution in [0.1, 0.15) is 64.1 Å². The van der Waals surface area contributed by atoms with Crippen molar-refractivity contribution in [2.45, 2.75) is 77.6 Å². The van der Waals surface area contributed by atoms with Crippen LogP contribution in [0.25, 0.3) is 0 Å². The summed E-state index contributed by atoms with van der Waals surface area (Å²) in [5, 5.41) is 16.5. The molecular formula is C27H34ClN3O5. The van der Waals surface area contributed by atoms with Crippen molar-refractivity contribution in [1.29, 1.82) is 0 Å². The van der Waals surface area contributed by atoms with Crippen LogP contribution in [0.5, 0.6) is 5.75 Å². The summed E-state index contributed by atoms with van der Waals surface area (Å²) in [5.41, 5.74) is 0.745. The van der Waals surface area contributed by atoms with Gasteiger partial charge in [0.1, 0.15) is 23.4 Å². The Morgan fingerprint density at radius 2 is 1.78 bits per heavy atom. The number of nitrogens with one attached hydrogen (secondary N) is 2. The Bertz CT molecular complexity index is 1110. The van der Waals surface area contributed by atoms with Gasteiger partial charge in [-0.3, -0.25) is 9.59 Å². The van der Waals surface area contributed by atoms with E-state index in [4.69, 9.17) is 16.3 Å². The molecule has 3 N–H and O–H groups in total. The topological polar surface area (TPSA) is 108 Å². The summed E-state index contributed by atoms with van der Waals surface area (Å²) in [6.07, 6.45) is 1.58. The fourth-order valence-electron chi connectivity index (χ4n) is 4.07. The number of benzene rings is 2. The molecule has 1 fully saturated rings. The second kappa shape index (κ2) is 11.2. The molecule has 0 radical (unpaired) electrons. The molecule has 194 valence electrons. The molecule has 0 bridgehead atoms. The van der Waals surface area contributed by atoms with Crippen LogP contribution in [0.3, 0.4) is 0 Å². The van der Waals surface area contributed by atoms with Gasteiger partial charge in [-0.15, -0.1) is 0 Å². The number of carbonyl (C=O) groups is 3. The van der Waals surface area contributed by atoms with E-state index in [-0.39, 0.29) is 17.4 Å². The van der Waals surface area contributed by atoms with E-state index in [2.05, 4.69) is 10.6 Å². The van der Waals surface area contributed by atoms with Gasteiger partial charge in [0.05, 0.1) is 10.7 Å². The maximum Gasteiger partial charge on any atom is 0.408 e. The first kappa shape index (κ1) is 27.3. The Labute approximate surface area is 217 Å². The van der Waals surface area contributed by atoms with Crippen LogP contribution in [0.4, 0.5) is 10.5 Å². The fourth-order valence-corrected chi connectivity index (χ4v) is 4.34. The van der Waals surface area contributed by atoms with Crippen LogP contribution in [0.15, 0.2) is 42.5 Å². The highest BCUT2D eigenvalue weighted by Gasteiger charge is 2.42. The van der Waals surface area contributed by atoms with Crippen LogP contribution < -0.4 is 10.6 Å². The van der Waals surface area contributed by atoms with Crippen molar-refractivity contribution < 1.29 is 24.2 Å². The van der Waals surface area contributed by atoms with Crippen LogP contribution >= 0.6 is 11.6 Å². The molecule has 3 rings (SSSR count). The minimum Gasteiger partial charge on any atom is -0.508 e. The highest BCUT2D eigenvalue weighted by molar-refractivity contribution is 6.34. The third kappa shape index (κ3) is 6.49. The zero-order chi connectivity index (χ0) is 26.6. The van der Waals surface area contributed by atoms with Crippen LogP contribution in [0, 0.1) is 6.92 Å². The van der Waals surface area contributed by atoms with Crippen molar-refractivity contribution in [2.24, 2.45) is 0 Å². The molecule has 2 atom stereocenters. The zero-order valence-electron chi connectivity index (χ0n) is 21.3. The Balaban J connectivity index is 1.99. The summed E-state index contributed by atoms with van der Waals surface area (Å²) in [4.78, 5) is 41.4. The van der Waals surface area contributed by atoms with Gasteiger partial charge in [0, 0.05) is 11.6 Å². The van der Waals surface area contributed by atoms with Crippen molar-refractivity contribution in [1.82, 2.24) is 10.2 Å². The van der Waals surface area contributed by atoms with E-state index < -0.39 is 35.6 Å². The second-order valence-electron chi connectivity index (χ2n) is 10.1. The normalized spacial score (nSPS) is 15.3. The lowest BCUT2D eigenvalue weighted by atomic mass is 9.88. The number of nitrogens with zero attached hydrogens (tertiary/aromatic N) is 1. The predicted molar refractivity (Wildman–Crippen MR) is 139 cm³/mol. The van der Waals surface area contributed by atoms with Crippen LogP contribution in [-0.2, 0) is 14.3 Å². The average Bonchev–Trinajstić information content (AvgIpc) is 2.74. The SMILES string of the molecule is Cc1cccc(Cl)c1NC(=O)C(c1ccccc1O)N(C(=O)C(C)NC(=O)OC(C)(C)C)C1CCC1. The third-order valence-corrected chi connectivity index (χ3v) is 6.37. The van der Waals surface area contributed by atoms with Gasteiger partial charge >= 0.3 is 6.09 Å². The Hall–Kier alpha value is -3.26. The van der Waals surface area contributed by atoms with Gasteiger partial charge in [0.25, 0.3) is 5.91 Å². The smallest absolute Gasteiger partial charge is 0.408 e. The number of phenolic OH excluding ortho intramolecular Hbond substituents is 1. The van der Waals surface area contributed by atoms with E-state index >= 15 is 0 Å². The molecule has 1 aliphatic rings. The second-order valence-corrected chi connectivity index (χ2v) is 10.5. The molecule has 0 aromatic heterocycles. The van der Waals surface area contributed by atoms with Crippen molar-refractivity contribution in [3.05, 3.63) is 58.6 Å². The molecule has 0 saturated heterocycles. The van der Waals surface area contributed by atoms with Crippen LogP contribution in [0.2, 0.25) is 5.02 Å². The maximum atomic E-state index is 13.8. The summed E-state index contributed by atoms with van der Waals surface area (Å²) < 4.78 is 5.30. The molecule has 0 heterocycles. The monoisotopic (exact) mass is 515 g/mol. The highest BCUT2D eigenvalue weighted by atomic mass is 35.5. The summed E-state index contributed by atoms with van der Waals surface area (Å²) in [6, 6.07) is 9.35. The molecule has 9 heteroatoms. The lowest BCUT2D eigenvalue weighted by Gasteiger charge is -2.43. The molecule has 8 nitrogen and oxygen atoms in total. The first-order valence-corrected chi connectivity index (χ1v) is 12.4. The number of alkyl carbamates (subject to hydrolysis) is 1. The van der Waals surface area contributed by atoms with Crippen molar-refractivity contribution >= 4 is 35.2 Å². The molecule has 0 spiro atoms. The highest BCUT2D eigenvalue weighted by Crippen LogP contribution is 2.38. The van der Waals surface area contributed by atoms with E-state index in [1.807, 2.05) is 13.0 Å². The van der Waals surface area contributed by atoms with Gasteiger partial charge in [-0.25, -0.2) is 4.79 Å². The predicted octanol–water partition coefficient (Wildman–Crippen LogP) is 5.33. The summed E-state index contributed by atoms with van der Waals surface area (Å²) in [6.45, 7) is 8.56. The summed E-state index contributed by atoms with van der Waals surface area (Å²) in [5.74, 6) is -1.08. The molecule has 1 aliphatic carbocycles. The molecule has 36 heavy (non-hydrogen) atoms. The minimum atomic E-state index is -1.15. The van der Waals surface area contributed by atoms with Gasteiger partial charge in [0.2, 0.25) is 5.91 Å². The number of para-hydroxylation sites is 2. The Morgan fingerprint density at radius 3 is 2.33 bits per heavy atom. The Kier molecular flexibility index (Phi) is 8.51. The zero-order valence-corrected chi connectivity index (χ0v) is 22.1. The molecule has 2 unspecified atom stereocenters. The molecule has 0 aliphatic heterocycles. The standard InChI is InChI=1S/C27H34ClN3O5/c1-16-10-8-14-20(28)22(16)30-24(33)23(19-13-6-7-15-21(19)32)31(18-11-9-12-18)25(34)17(2)29-26(35)36-27(3,4)5/h6-8,10,13-15,17-18,23,32H,9,11-12H2,1-5H3,(H,29,35)(H,30,33). The summed E-state index contributed by atoms with van der Waals surface area (Å²) >= 11 is 6.35. The summed E-state index contributed by atoms with van der Waals surface area (Å²) in [7, 11) is 0. The number of phenols is 1. The third-order valence-electron chi connectivity index (χ3n) is 6.05. The average molecular weight is 516 g/mol. The fraction of sp³-hybridized carbons (Fsp3) is 0.444. The number of carbonyl (C=O) groups excluding carboxylic acids is 3. The number of aryl methyl sites for hydroxylation is 1.